The van der Waals surface area contributed by atoms with Gasteiger partial charge in [-0.05, 0) is 48.1 Å². The molecule has 2 fully saturated rings. The molecule has 0 amide bonds. The molecule has 6 rings (SSSR count). The van der Waals surface area contributed by atoms with E-state index in [0.29, 0.717) is 12.3 Å². The summed E-state index contributed by atoms with van der Waals surface area (Å²) < 4.78 is 11.6. The zero-order valence-corrected chi connectivity index (χ0v) is 25.0. The predicted octanol–water partition coefficient (Wildman–Crippen LogP) is 7.12. The number of aromatic nitrogens is 1. The highest BCUT2D eigenvalue weighted by Gasteiger charge is 2.23. The third-order valence-electron chi connectivity index (χ3n) is 8.80. The lowest BCUT2D eigenvalue weighted by atomic mass is 9.82. The van der Waals surface area contributed by atoms with E-state index in [1.54, 1.807) is 5.56 Å². The molecule has 1 aliphatic carbocycles. The summed E-state index contributed by atoms with van der Waals surface area (Å²) in [5.74, 6) is 2.14. The molecule has 1 atom stereocenters. The number of para-hydroxylation sites is 1. The minimum Gasteiger partial charge on any atom is -0.490 e. The third kappa shape index (κ3) is 8.02. The van der Waals surface area contributed by atoms with Crippen LogP contribution in [-0.4, -0.2) is 65.5 Å². The Morgan fingerprint density at radius 1 is 0.837 bits per heavy atom. The van der Waals surface area contributed by atoms with Crippen LogP contribution in [0.5, 0.6) is 5.75 Å². The Morgan fingerprint density at radius 2 is 1.56 bits per heavy atom. The number of ether oxygens (including phenoxy) is 1. The molecule has 1 aromatic heterocycles. The van der Waals surface area contributed by atoms with Crippen molar-refractivity contribution in [1.29, 1.82) is 0 Å². The SMILES string of the molecule is OC(COc1ccccc1/C=C/c1cc(-c2ccccc2)no1)CN1CCN(Cc2ccccc2C2CCCCC2)CC1. The number of hydrogen-bond donors (Lipinski definition) is 1. The molecule has 1 unspecified atom stereocenters. The normalized spacial score (nSPS) is 17.8. The van der Waals surface area contributed by atoms with Gasteiger partial charge in [0.05, 0.1) is 0 Å². The first-order valence-electron chi connectivity index (χ1n) is 15.8. The maximum Gasteiger partial charge on any atom is 0.160 e. The van der Waals surface area contributed by atoms with Gasteiger partial charge in [-0.15, -0.1) is 0 Å². The summed E-state index contributed by atoms with van der Waals surface area (Å²) in [4.78, 5) is 4.93. The fourth-order valence-corrected chi connectivity index (χ4v) is 6.43. The summed E-state index contributed by atoms with van der Waals surface area (Å²) in [7, 11) is 0. The molecular formula is C37H43N3O3. The van der Waals surface area contributed by atoms with E-state index in [2.05, 4.69) is 39.2 Å². The molecule has 6 nitrogen and oxygen atoms in total. The lowest BCUT2D eigenvalue weighted by Gasteiger charge is -2.36. The fraction of sp³-hybridized carbons (Fsp3) is 0.378. The van der Waals surface area contributed by atoms with E-state index in [1.165, 1.54) is 37.7 Å². The molecule has 1 saturated carbocycles. The van der Waals surface area contributed by atoms with Crippen LogP contribution in [-0.2, 0) is 6.54 Å². The van der Waals surface area contributed by atoms with Crippen LogP contribution in [0, 0.1) is 0 Å². The summed E-state index contributed by atoms with van der Waals surface area (Å²) >= 11 is 0. The number of rotatable bonds is 11. The van der Waals surface area contributed by atoms with Crippen LogP contribution in [0.3, 0.4) is 0 Å². The fourth-order valence-electron chi connectivity index (χ4n) is 6.43. The second-order valence-corrected chi connectivity index (χ2v) is 11.9. The van der Waals surface area contributed by atoms with Crippen molar-refractivity contribution >= 4 is 12.2 Å². The minimum atomic E-state index is -0.557. The molecule has 0 spiro atoms. The standard InChI is InChI=1S/C37H43N3O3/c41-33(27-40-23-21-39(22-24-40)26-32-16-7-9-17-35(32)29-11-3-1-4-12-29)28-42-37-18-10-8-15-31(37)19-20-34-25-36(38-43-34)30-13-5-2-6-14-30/h2,5-10,13-20,25,29,33,41H,1,3-4,11-12,21-24,26-28H2/b20-19+. The maximum absolute atomic E-state index is 10.8. The van der Waals surface area contributed by atoms with E-state index in [4.69, 9.17) is 9.26 Å². The smallest absolute Gasteiger partial charge is 0.160 e. The molecule has 1 aliphatic heterocycles. The van der Waals surface area contributed by atoms with E-state index in [0.717, 1.165) is 61.2 Å². The van der Waals surface area contributed by atoms with Gasteiger partial charge in [0.15, 0.2) is 5.76 Å². The Kier molecular flexibility index (Phi) is 10.0. The summed E-state index contributed by atoms with van der Waals surface area (Å²) in [6.45, 7) is 5.86. The zero-order chi connectivity index (χ0) is 29.3. The van der Waals surface area contributed by atoms with Gasteiger partial charge in [0.1, 0.15) is 24.2 Å². The average Bonchev–Trinajstić information content (AvgIpc) is 3.54. The van der Waals surface area contributed by atoms with Crippen molar-refractivity contribution in [2.45, 2.75) is 50.7 Å². The Balaban J connectivity index is 0.969. The van der Waals surface area contributed by atoms with Gasteiger partial charge in [0.2, 0.25) is 0 Å². The van der Waals surface area contributed by atoms with Gasteiger partial charge in [-0.3, -0.25) is 9.80 Å². The molecule has 1 saturated heterocycles. The third-order valence-corrected chi connectivity index (χ3v) is 8.80. The van der Waals surface area contributed by atoms with E-state index in [1.807, 2.05) is 72.8 Å². The van der Waals surface area contributed by atoms with Crippen LogP contribution >= 0.6 is 0 Å². The first-order chi connectivity index (χ1) is 21.2. The van der Waals surface area contributed by atoms with Crippen molar-refractivity contribution in [3.8, 4) is 17.0 Å². The van der Waals surface area contributed by atoms with Gasteiger partial charge in [0.25, 0.3) is 0 Å². The maximum atomic E-state index is 10.8. The molecule has 1 N–H and O–H groups in total. The summed E-state index contributed by atoms with van der Waals surface area (Å²) in [6, 6.07) is 28.9. The molecule has 4 aromatic rings. The summed E-state index contributed by atoms with van der Waals surface area (Å²) in [6.07, 6.45) is 10.1. The highest BCUT2D eigenvalue weighted by atomic mass is 16.5. The topological polar surface area (TPSA) is 62.0 Å². The van der Waals surface area contributed by atoms with Crippen LogP contribution in [0.4, 0.5) is 0 Å². The van der Waals surface area contributed by atoms with E-state index >= 15 is 0 Å². The number of β-amino-alcohol motifs (C(OH)–C–C–N with tert-alkyl or cyclic N) is 1. The summed E-state index contributed by atoms with van der Waals surface area (Å²) in [5, 5.41) is 15.0. The molecule has 224 valence electrons. The molecule has 2 heterocycles. The monoisotopic (exact) mass is 577 g/mol. The zero-order valence-electron chi connectivity index (χ0n) is 25.0. The van der Waals surface area contributed by atoms with Crippen molar-refractivity contribution in [2.24, 2.45) is 0 Å². The first kappa shape index (κ1) is 29.4. The van der Waals surface area contributed by atoms with Crippen molar-refractivity contribution in [1.82, 2.24) is 15.0 Å². The van der Waals surface area contributed by atoms with Crippen molar-refractivity contribution in [3.05, 3.63) is 107 Å². The second kappa shape index (κ2) is 14.6. The lowest BCUT2D eigenvalue weighted by molar-refractivity contribution is 0.0445. The number of hydrogen-bond acceptors (Lipinski definition) is 6. The van der Waals surface area contributed by atoms with Crippen LogP contribution in [0.1, 0.15) is 60.5 Å². The molecule has 0 bridgehead atoms. The van der Waals surface area contributed by atoms with Gasteiger partial charge in [-0.25, -0.2) is 0 Å². The van der Waals surface area contributed by atoms with Gasteiger partial charge < -0.3 is 14.4 Å². The van der Waals surface area contributed by atoms with Crippen LogP contribution < -0.4 is 4.74 Å². The first-order valence-corrected chi connectivity index (χ1v) is 15.8. The number of aliphatic hydroxyl groups is 1. The Labute approximate surface area is 255 Å². The van der Waals surface area contributed by atoms with Crippen molar-refractivity contribution in [2.75, 3.05) is 39.3 Å². The predicted molar refractivity (Wildman–Crippen MR) is 173 cm³/mol. The van der Waals surface area contributed by atoms with Crippen molar-refractivity contribution in [3.63, 3.8) is 0 Å². The van der Waals surface area contributed by atoms with Crippen LogP contribution in [0.25, 0.3) is 23.4 Å². The quantitative estimate of drug-likeness (QED) is 0.205. The van der Waals surface area contributed by atoms with Gasteiger partial charge >= 0.3 is 0 Å². The highest BCUT2D eigenvalue weighted by Crippen LogP contribution is 2.35. The van der Waals surface area contributed by atoms with Crippen molar-refractivity contribution < 1.29 is 14.4 Å². The Hall–Kier alpha value is -3.71. The highest BCUT2D eigenvalue weighted by molar-refractivity contribution is 5.72. The van der Waals surface area contributed by atoms with E-state index in [-0.39, 0.29) is 6.61 Å². The largest absolute Gasteiger partial charge is 0.490 e. The number of benzene rings is 3. The Bertz CT molecular complexity index is 1450. The summed E-state index contributed by atoms with van der Waals surface area (Å²) in [5.41, 5.74) is 5.83. The Morgan fingerprint density at radius 3 is 2.40 bits per heavy atom. The van der Waals surface area contributed by atoms with Gasteiger partial charge in [-0.1, -0.05) is 97.2 Å². The lowest BCUT2D eigenvalue weighted by Crippen LogP contribution is -2.48. The number of aliphatic hydroxyl groups excluding tert-OH is 1. The molecule has 43 heavy (non-hydrogen) atoms. The number of nitrogens with zero attached hydrogens (tertiary/aromatic N) is 3. The molecule has 2 aliphatic rings. The number of piperazine rings is 1. The van der Waals surface area contributed by atoms with Gasteiger partial charge in [0, 0.05) is 56.5 Å². The van der Waals surface area contributed by atoms with E-state index < -0.39 is 6.10 Å². The van der Waals surface area contributed by atoms with Crippen LogP contribution in [0.2, 0.25) is 0 Å². The van der Waals surface area contributed by atoms with Gasteiger partial charge in [-0.2, -0.15) is 0 Å². The minimum absolute atomic E-state index is 0.250. The second-order valence-electron chi connectivity index (χ2n) is 11.9. The average molecular weight is 578 g/mol. The molecule has 3 aromatic carbocycles. The van der Waals surface area contributed by atoms with Crippen LogP contribution in [0.15, 0.2) is 89.5 Å². The van der Waals surface area contributed by atoms with E-state index in [9.17, 15) is 5.11 Å². The molecule has 6 heteroatoms. The molecule has 0 radical (unpaired) electrons. The molecular weight excluding hydrogens is 534 g/mol.